The van der Waals surface area contributed by atoms with Crippen molar-refractivity contribution in [1.29, 1.82) is 0 Å². The molecule has 0 aliphatic carbocycles. The molecule has 2 N–H and O–H groups in total. The van der Waals surface area contributed by atoms with E-state index in [9.17, 15) is 0 Å². The van der Waals surface area contributed by atoms with Crippen LogP contribution in [-0.2, 0) is 11.4 Å². The van der Waals surface area contributed by atoms with Crippen LogP contribution in [0.5, 0.6) is 5.88 Å². The number of oxime groups is 1. The highest BCUT2D eigenvalue weighted by Gasteiger charge is 2.09. The summed E-state index contributed by atoms with van der Waals surface area (Å²) in [5, 5.41) is 3.65. The van der Waals surface area contributed by atoms with Gasteiger partial charge in [-0.1, -0.05) is 23.2 Å². The summed E-state index contributed by atoms with van der Waals surface area (Å²) in [5.74, 6) is 3.16. The van der Waals surface area contributed by atoms with Gasteiger partial charge in [-0.3, -0.25) is 0 Å². The second-order valence-electron chi connectivity index (χ2n) is 4.02. The summed E-state index contributed by atoms with van der Waals surface area (Å²) in [7, 11) is 1.43. The largest absolute Gasteiger partial charge is 0.472 e. The summed E-state index contributed by atoms with van der Waals surface area (Å²) in [4.78, 5) is 12.6. The Balaban J connectivity index is 2.14. The summed E-state index contributed by atoms with van der Waals surface area (Å²) in [6.07, 6.45) is 8.05. The molecule has 0 spiro atoms. The molecule has 2 rings (SSSR count). The monoisotopic (exact) mass is 282 g/mol. The van der Waals surface area contributed by atoms with Crippen molar-refractivity contribution in [2.24, 2.45) is 5.16 Å². The van der Waals surface area contributed by atoms with E-state index in [2.05, 4.69) is 25.9 Å². The first kappa shape index (κ1) is 14.3. The number of ether oxygens (including phenoxy) is 1. The van der Waals surface area contributed by atoms with Crippen LogP contribution in [0.4, 0.5) is 5.82 Å². The lowest BCUT2D eigenvalue weighted by atomic mass is 10.1. The van der Waals surface area contributed by atoms with Crippen LogP contribution in [0.25, 0.3) is 0 Å². The predicted molar refractivity (Wildman–Crippen MR) is 79.8 cm³/mol. The molecule has 106 valence electrons. The van der Waals surface area contributed by atoms with E-state index in [4.69, 9.17) is 16.9 Å². The van der Waals surface area contributed by atoms with Crippen molar-refractivity contribution < 1.29 is 9.57 Å². The smallest absolute Gasteiger partial charge is 0.228 e. The minimum Gasteiger partial charge on any atom is -0.472 e. The third kappa shape index (κ3) is 3.70. The van der Waals surface area contributed by atoms with E-state index < -0.39 is 0 Å². The Morgan fingerprint density at radius 1 is 1.33 bits per heavy atom. The van der Waals surface area contributed by atoms with Gasteiger partial charge in [-0.15, -0.1) is 6.42 Å². The van der Waals surface area contributed by atoms with E-state index in [1.54, 1.807) is 0 Å². The van der Waals surface area contributed by atoms with Crippen LogP contribution in [0.15, 0.2) is 35.7 Å². The molecule has 0 bridgehead atoms. The maximum Gasteiger partial charge on any atom is 0.228 e. The van der Waals surface area contributed by atoms with Crippen molar-refractivity contribution in [3.05, 3.63) is 47.3 Å². The third-order valence-corrected chi connectivity index (χ3v) is 2.66. The lowest BCUT2D eigenvalue weighted by Gasteiger charge is -2.08. The van der Waals surface area contributed by atoms with Crippen molar-refractivity contribution in [2.45, 2.75) is 6.61 Å². The molecule has 1 heterocycles. The lowest BCUT2D eigenvalue weighted by molar-refractivity contribution is 0.215. The molecule has 0 unspecified atom stereocenters. The highest BCUT2D eigenvalue weighted by Crippen LogP contribution is 2.18. The Morgan fingerprint density at radius 2 is 2.10 bits per heavy atom. The maximum absolute atomic E-state index is 5.77. The van der Waals surface area contributed by atoms with Gasteiger partial charge in [-0.05, 0) is 17.7 Å². The second-order valence-corrected chi connectivity index (χ2v) is 4.02. The van der Waals surface area contributed by atoms with E-state index in [1.165, 1.54) is 19.7 Å². The number of hydrogen-bond donors (Lipinski definition) is 1. The summed E-state index contributed by atoms with van der Waals surface area (Å²) in [5.41, 5.74) is 8.02. The van der Waals surface area contributed by atoms with Crippen molar-refractivity contribution in [3.63, 3.8) is 0 Å². The zero-order chi connectivity index (χ0) is 15.1. The molecule has 0 atom stereocenters. The lowest BCUT2D eigenvalue weighted by Crippen LogP contribution is -2.05. The molecule has 0 aliphatic heterocycles. The molecule has 1 aromatic heterocycles. The van der Waals surface area contributed by atoms with Crippen LogP contribution in [0.3, 0.4) is 0 Å². The van der Waals surface area contributed by atoms with E-state index in [0.717, 1.165) is 11.1 Å². The quantitative estimate of drug-likeness (QED) is 0.511. The zero-order valence-corrected chi connectivity index (χ0v) is 11.5. The third-order valence-electron chi connectivity index (χ3n) is 2.66. The van der Waals surface area contributed by atoms with Crippen LogP contribution in [0.2, 0.25) is 0 Å². The number of terminal acetylenes is 1. The topological polar surface area (TPSA) is 82.6 Å². The van der Waals surface area contributed by atoms with Gasteiger partial charge in [0.2, 0.25) is 5.88 Å². The molecule has 6 heteroatoms. The summed E-state index contributed by atoms with van der Waals surface area (Å²) >= 11 is 0. The minimum atomic E-state index is 0.267. The van der Waals surface area contributed by atoms with E-state index in [0.29, 0.717) is 18.1 Å². The molecule has 0 fully saturated rings. The normalized spacial score (nSPS) is 10.3. The highest BCUT2D eigenvalue weighted by molar-refractivity contribution is 5.87. The standard InChI is InChI=1S/C15H14N4O2/c1-3-11-4-6-12(7-5-11)9-21-15-13(8-19-20-2)14(16)17-10-18-15/h1,4-8,10H,9H2,2H3,(H2,16,17,18)/b19-8-. The zero-order valence-electron chi connectivity index (χ0n) is 11.5. The van der Waals surface area contributed by atoms with E-state index in [1.807, 2.05) is 24.3 Å². The average Bonchev–Trinajstić information content (AvgIpc) is 2.52. The first-order valence-corrected chi connectivity index (χ1v) is 6.10. The molecular weight excluding hydrogens is 268 g/mol. The summed E-state index contributed by atoms with van der Waals surface area (Å²) in [6, 6.07) is 7.48. The Bertz CT molecular complexity index is 675. The Labute approximate surface area is 122 Å². The molecule has 0 amide bonds. The van der Waals surface area contributed by atoms with Gasteiger partial charge < -0.3 is 15.3 Å². The number of hydrogen-bond acceptors (Lipinski definition) is 6. The summed E-state index contributed by atoms with van der Waals surface area (Å²) < 4.78 is 5.65. The fourth-order valence-corrected chi connectivity index (χ4v) is 1.58. The molecule has 6 nitrogen and oxygen atoms in total. The van der Waals surface area contributed by atoms with Crippen molar-refractivity contribution in [3.8, 4) is 18.2 Å². The van der Waals surface area contributed by atoms with Crippen molar-refractivity contribution in [2.75, 3.05) is 12.8 Å². The molecule has 2 aromatic rings. The fourth-order valence-electron chi connectivity index (χ4n) is 1.58. The number of anilines is 1. The fraction of sp³-hybridized carbons (Fsp3) is 0.133. The molecule has 0 radical (unpaired) electrons. The Kier molecular flexibility index (Phi) is 4.72. The SMILES string of the molecule is C#Cc1ccc(COc2ncnc(N)c2/C=N\OC)cc1. The second kappa shape index (κ2) is 6.91. The number of rotatable bonds is 5. The first-order valence-electron chi connectivity index (χ1n) is 6.10. The molecular formula is C15H14N4O2. The van der Waals surface area contributed by atoms with Gasteiger partial charge in [0, 0.05) is 5.56 Å². The van der Waals surface area contributed by atoms with Gasteiger partial charge in [0.15, 0.2) is 0 Å². The van der Waals surface area contributed by atoms with Crippen molar-refractivity contribution in [1.82, 2.24) is 9.97 Å². The molecule has 1 aromatic carbocycles. The number of benzene rings is 1. The number of nitrogens with zero attached hydrogens (tertiary/aromatic N) is 3. The Hall–Kier alpha value is -3.07. The Morgan fingerprint density at radius 3 is 2.76 bits per heavy atom. The van der Waals surface area contributed by atoms with Crippen LogP contribution in [0.1, 0.15) is 16.7 Å². The average molecular weight is 282 g/mol. The molecule has 0 saturated heterocycles. The highest BCUT2D eigenvalue weighted by atomic mass is 16.6. The van der Waals surface area contributed by atoms with Crippen LogP contribution in [-0.4, -0.2) is 23.3 Å². The van der Waals surface area contributed by atoms with E-state index in [-0.39, 0.29) is 5.82 Å². The van der Waals surface area contributed by atoms with E-state index >= 15 is 0 Å². The van der Waals surface area contributed by atoms with Gasteiger partial charge in [0.05, 0.1) is 6.21 Å². The number of nitrogens with two attached hydrogens (primary N) is 1. The van der Waals surface area contributed by atoms with Crippen LogP contribution < -0.4 is 10.5 Å². The van der Waals surface area contributed by atoms with Crippen LogP contribution in [0, 0.1) is 12.3 Å². The van der Waals surface area contributed by atoms with Gasteiger partial charge in [-0.2, -0.15) is 0 Å². The van der Waals surface area contributed by atoms with Crippen molar-refractivity contribution >= 4 is 12.0 Å². The predicted octanol–water partition coefficient (Wildman–Crippen LogP) is 1.60. The minimum absolute atomic E-state index is 0.267. The van der Waals surface area contributed by atoms with Gasteiger partial charge in [0.1, 0.15) is 31.4 Å². The molecule has 0 saturated carbocycles. The molecule has 0 aliphatic rings. The molecule has 21 heavy (non-hydrogen) atoms. The summed E-state index contributed by atoms with van der Waals surface area (Å²) in [6.45, 7) is 0.328. The van der Waals surface area contributed by atoms with Gasteiger partial charge in [0.25, 0.3) is 0 Å². The first-order chi connectivity index (χ1) is 10.2. The number of aromatic nitrogens is 2. The number of nitrogen functional groups attached to an aromatic ring is 1. The maximum atomic E-state index is 5.77. The van der Waals surface area contributed by atoms with Gasteiger partial charge >= 0.3 is 0 Å². The van der Waals surface area contributed by atoms with Crippen LogP contribution >= 0.6 is 0 Å². The van der Waals surface area contributed by atoms with Gasteiger partial charge in [-0.25, -0.2) is 9.97 Å².